The van der Waals surface area contributed by atoms with Crippen molar-refractivity contribution >= 4 is 41.7 Å². The molecule has 13 nitrogen and oxygen atoms in total. The van der Waals surface area contributed by atoms with E-state index in [2.05, 4.69) is 0 Å². The van der Waals surface area contributed by atoms with Gasteiger partial charge in [-0.2, -0.15) is 0 Å². The molecule has 0 aliphatic carbocycles. The van der Waals surface area contributed by atoms with Crippen molar-refractivity contribution in [1.29, 1.82) is 0 Å². The van der Waals surface area contributed by atoms with Crippen molar-refractivity contribution in [3.05, 3.63) is 0 Å². The van der Waals surface area contributed by atoms with Gasteiger partial charge >= 0.3 is 18.0 Å². The molecule has 176 valence electrons. The summed E-state index contributed by atoms with van der Waals surface area (Å²) in [6.07, 6.45) is -1.84. The van der Waals surface area contributed by atoms with Gasteiger partial charge in [-0.25, -0.2) is 14.4 Å². The summed E-state index contributed by atoms with van der Waals surface area (Å²) >= 11 is 0. The van der Waals surface area contributed by atoms with Crippen molar-refractivity contribution in [3.63, 3.8) is 0 Å². The van der Waals surface area contributed by atoms with Gasteiger partial charge in [-0.3, -0.25) is 19.2 Å². The van der Waals surface area contributed by atoms with Gasteiger partial charge in [-0.1, -0.05) is 0 Å². The maximum Gasteiger partial charge on any atom is 0.410 e. The number of carbonyl (C=O) groups is 7. The van der Waals surface area contributed by atoms with Crippen LogP contribution in [0.1, 0.15) is 59.3 Å². The van der Waals surface area contributed by atoms with Crippen LogP contribution < -0.4 is 0 Å². The molecule has 0 saturated carbocycles. The topological polar surface area (TPSA) is 157 Å². The molecular weight excluding hydrogens is 430 g/mol. The fraction of sp³-hybridized carbons (Fsp3) is 0.632. The van der Waals surface area contributed by atoms with E-state index in [9.17, 15) is 33.6 Å². The van der Waals surface area contributed by atoms with Crippen molar-refractivity contribution in [3.8, 4) is 0 Å². The third-order valence-corrected chi connectivity index (χ3v) is 4.22. The SMILES string of the molecule is CC(C)(C)OC(=O)N(CCC(=O)ON1C(=O)CCC1=O)CCC(=O)ON1C(=O)CCC1=O. The van der Waals surface area contributed by atoms with Crippen LogP contribution in [-0.4, -0.2) is 75.4 Å². The first-order valence-corrected chi connectivity index (χ1v) is 9.98. The Bertz CT molecular complexity index is 746. The standard InChI is InChI=1S/C19H25N3O10/c1-19(2,3)30-18(29)20(10-8-16(27)31-21-12(23)4-5-13(21)24)11-9-17(28)32-22-14(25)6-7-15(22)26/h4-11H2,1-3H3. The highest BCUT2D eigenvalue weighted by atomic mass is 16.7. The normalized spacial score (nSPS) is 16.5. The van der Waals surface area contributed by atoms with Crippen LogP contribution in [0.3, 0.4) is 0 Å². The highest BCUT2D eigenvalue weighted by molar-refractivity contribution is 6.02. The molecule has 0 aromatic carbocycles. The zero-order valence-corrected chi connectivity index (χ0v) is 18.1. The van der Waals surface area contributed by atoms with Gasteiger partial charge in [0.15, 0.2) is 0 Å². The fourth-order valence-electron chi connectivity index (χ4n) is 2.68. The minimum atomic E-state index is -0.932. The first-order valence-electron chi connectivity index (χ1n) is 9.98. The van der Waals surface area contributed by atoms with E-state index in [1.165, 1.54) is 0 Å². The molecule has 32 heavy (non-hydrogen) atoms. The number of hydrogen-bond acceptors (Lipinski definition) is 10. The fourth-order valence-corrected chi connectivity index (χ4v) is 2.68. The molecule has 2 aliphatic heterocycles. The molecule has 2 fully saturated rings. The van der Waals surface area contributed by atoms with Crippen molar-refractivity contribution in [2.45, 2.75) is 64.9 Å². The van der Waals surface area contributed by atoms with Gasteiger partial charge in [0.2, 0.25) is 0 Å². The van der Waals surface area contributed by atoms with E-state index in [1.54, 1.807) is 20.8 Å². The van der Waals surface area contributed by atoms with E-state index in [0.717, 1.165) is 4.90 Å². The number of carbonyl (C=O) groups excluding carboxylic acids is 7. The smallest absolute Gasteiger partial charge is 0.410 e. The molecule has 13 heteroatoms. The zero-order chi connectivity index (χ0) is 24.1. The number of hydrogen-bond donors (Lipinski definition) is 0. The van der Waals surface area contributed by atoms with Crippen LogP contribution in [0.15, 0.2) is 0 Å². The average Bonchev–Trinajstić information content (AvgIpc) is 3.16. The molecule has 2 heterocycles. The first kappa shape index (κ1) is 24.8. The summed E-state index contributed by atoms with van der Waals surface area (Å²) in [6.45, 7) is 4.38. The van der Waals surface area contributed by atoms with Gasteiger partial charge in [0.05, 0.1) is 12.8 Å². The minimum Gasteiger partial charge on any atom is -0.444 e. The summed E-state index contributed by atoms with van der Waals surface area (Å²) in [7, 11) is 0. The highest BCUT2D eigenvalue weighted by Gasteiger charge is 2.34. The quantitative estimate of drug-likeness (QED) is 0.464. The Kier molecular flexibility index (Phi) is 7.89. The predicted octanol–water partition coefficient (Wildman–Crippen LogP) is 0.218. The van der Waals surface area contributed by atoms with Crippen LogP contribution in [0.2, 0.25) is 0 Å². The Hall–Kier alpha value is -3.51. The summed E-state index contributed by atoms with van der Waals surface area (Å²) in [6, 6.07) is 0. The summed E-state index contributed by atoms with van der Waals surface area (Å²) in [5.74, 6) is -4.42. The molecule has 2 aliphatic rings. The van der Waals surface area contributed by atoms with Crippen molar-refractivity contribution in [2.75, 3.05) is 13.1 Å². The van der Waals surface area contributed by atoms with Crippen LogP contribution in [0.4, 0.5) is 4.79 Å². The van der Waals surface area contributed by atoms with Crippen LogP contribution in [-0.2, 0) is 43.2 Å². The van der Waals surface area contributed by atoms with E-state index in [4.69, 9.17) is 14.4 Å². The van der Waals surface area contributed by atoms with E-state index in [-0.39, 0.29) is 38.8 Å². The van der Waals surface area contributed by atoms with Crippen LogP contribution in [0, 0.1) is 0 Å². The Morgan fingerprint density at radius 2 is 1.09 bits per heavy atom. The maximum atomic E-state index is 12.4. The predicted molar refractivity (Wildman–Crippen MR) is 101 cm³/mol. The van der Waals surface area contributed by atoms with Crippen molar-refractivity contribution in [1.82, 2.24) is 15.0 Å². The molecule has 0 atom stereocenters. The lowest BCUT2D eigenvalue weighted by atomic mass is 10.2. The lowest BCUT2D eigenvalue weighted by Gasteiger charge is -2.27. The number of amides is 5. The number of imide groups is 2. The molecule has 0 bridgehead atoms. The Morgan fingerprint density at radius 1 is 0.750 bits per heavy atom. The molecule has 2 rings (SSSR count). The second-order valence-electron chi connectivity index (χ2n) is 8.06. The van der Waals surface area contributed by atoms with E-state index in [0.29, 0.717) is 10.1 Å². The lowest BCUT2D eigenvalue weighted by Crippen LogP contribution is -2.40. The molecule has 0 N–H and O–H groups in total. The average molecular weight is 455 g/mol. The van der Waals surface area contributed by atoms with Gasteiger partial charge in [0.1, 0.15) is 5.60 Å². The summed E-state index contributed by atoms with van der Waals surface area (Å²) < 4.78 is 5.25. The third kappa shape index (κ3) is 7.03. The van der Waals surface area contributed by atoms with Crippen LogP contribution in [0.25, 0.3) is 0 Å². The Balaban J connectivity index is 1.92. The van der Waals surface area contributed by atoms with Gasteiger partial charge in [0.25, 0.3) is 23.6 Å². The molecular formula is C19H25N3O10. The molecule has 5 amide bonds. The third-order valence-electron chi connectivity index (χ3n) is 4.22. The van der Waals surface area contributed by atoms with Gasteiger partial charge < -0.3 is 19.3 Å². The molecule has 0 aromatic heterocycles. The van der Waals surface area contributed by atoms with Crippen molar-refractivity contribution in [2.24, 2.45) is 0 Å². The van der Waals surface area contributed by atoms with E-state index >= 15 is 0 Å². The summed E-state index contributed by atoms with van der Waals surface area (Å²) in [5.41, 5.74) is -0.862. The van der Waals surface area contributed by atoms with Crippen molar-refractivity contribution < 1.29 is 48.0 Å². The number of ether oxygens (including phenoxy) is 1. The molecule has 0 unspecified atom stereocenters. The highest BCUT2D eigenvalue weighted by Crippen LogP contribution is 2.15. The number of nitrogens with zero attached hydrogens (tertiary/aromatic N) is 3. The largest absolute Gasteiger partial charge is 0.444 e. The summed E-state index contributed by atoms with van der Waals surface area (Å²) in [5, 5.41) is 0.781. The van der Waals surface area contributed by atoms with E-state index in [1.807, 2.05) is 0 Å². The van der Waals surface area contributed by atoms with Gasteiger partial charge in [-0.05, 0) is 20.8 Å². The zero-order valence-electron chi connectivity index (χ0n) is 18.1. The Morgan fingerprint density at radius 3 is 1.41 bits per heavy atom. The second kappa shape index (κ2) is 10.2. The van der Waals surface area contributed by atoms with Gasteiger partial charge in [-0.15, -0.1) is 10.1 Å². The Labute approximate surface area is 183 Å². The molecule has 0 spiro atoms. The lowest BCUT2D eigenvalue weighted by molar-refractivity contribution is -0.198. The van der Waals surface area contributed by atoms with E-state index < -0.39 is 60.1 Å². The number of hydroxylamine groups is 4. The first-order chi connectivity index (χ1) is 14.9. The number of rotatable bonds is 8. The van der Waals surface area contributed by atoms with Crippen LogP contribution >= 0.6 is 0 Å². The summed E-state index contributed by atoms with van der Waals surface area (Å²) in [4.78, 5) is 93.1. The molecule has 2 saturated heterocycles. The maximum absolute atomic E-state index is 12.4. The monoisotopic (exact) mass is 455 g/mol. The minimum absolute atomic E-state index is 0.0553. The van der Waals surface area contributed by atoms with Gasteiger partial charge in [0, 0.05) is 38.8 Å². The second-order valence-corrected chi connectivity index (χ2v) is 8.06. The molecule has 0 aromatic rings. The van der Waals surface area contributed by atoms with Crippen LogP contribution in [0.5, 0.6) is 0 Å². The molecule has 0 radical (unpaired) electrons.